The minimum atomic E-state index is 0.378. The van der Waals surface area contributed by atoms with Crippen LogP contribution < -0.4 is 11.7 Å². The molecular formula is C12H24ClN7. The van der Waals surface area contributed by atoms with Gasteiger partial charge in [-0.1, -0.05) is 25.4 Å². The van der Waals surface area contributed by atoms with E-state index in [2.05, 4.69) is 22.1 Å². The zero-order valence-corrected chi connectivity index (χ0v) is 13.4. The van der Waals surface area contributed by atoms with Crippen molar-refractivity contribution in [2.24, 2.45) is 16.8 Å². The summed E-state index contributed by atoms with van der Waals surface area (Å²) >= 11 is 6.37. The number of hydrogen-bond donors (Lipinski definition) is 2. The van der Waals surface area contributed by atoms with E-state index in [1.807, 2.05) is 18.5 Å². The lowest BCUT2D eigenvalue weighted by atomic mass is 10.3. The van der Waals surface area contributed by atoms with Gasteiger partial charge in [-0.3, -0.25) is 9.69 Å². The van der Waals surface area contributed by atoms with Crippen LogP contribution in [0.25, 0.3) is 0 Å². The Labute approximate surface area is 125 Å². The van der Waals surface area contributed by atoms with Gasteiger partial charge in [0.2, 0.25) is 0 Å². The summed E-state index contributed by atoms with van der Waals surface area (Å²) in [5, 5.41) is 10.0. The first-order valence-corrected chi connectivity index (χ1v) is 7.12. The lowest BCUT2D eigenvalue weighted by Gasteiger charge is -2.13. The quantitative estimate of drug-likeness (QED) is 0.347. The van der Waals surface area contributed by atoms with Crippen molar-refractivity contribution in [2.45, 2.75) is 33.4 Å². The number of amidine groups is 1. The van der Waals surface area contributed by atoms with Crippen molar-refractivity contribution in [2.75, 3.05) is 20.6 Å². The molecule has 0 aliphatic carbocycles. The van der Waals surface area contributed by atoms with Crippen molar-refractivity contribution in [3.63, 3.8) is 0 Å². The summed E-state index contributed by atoms with van der Waals surface area (Å²) < 4.78 is 1.91. The van der Waals surface area contributed by atoms with Crippen LogP contribution in [0.15, 0.2) is 5.10 Å². The Bertz CT molecular complexity index is 467. The molecule has 1 aliphatic rings. The van der Waals surface area contributed by atoms with Crippen molar-refractivity contribution in [1.82, 2.24) is 19.7 Å². The van der Waals surface area contributed by atoms with E-state index >= 15 is 0 Å². The highest BCUT2D eigenvalue weighted by Crippen LogP contribution is 2.25. The smallest absolute Gasteiger partial charge is 0.191 e. The number of nitrogens with zero attached hydrogens (tertiary/aromatic N) is 5. The summed E-state index contributed by atoms with van der Waals surface area (Å²) in [6.07, 6.45) is 1.04. The maximum atomic E-state index is 6.37. The first-order valence-electron chi connectivity index (χ1n) is 6.75. The molecule has 2 rings (SSSR count). The minimum Gasteiger partial charge on any atom is -0.321 e. The molecule has 7 nitrogen and oxygen atoms in total. The van der Waals surface area contributed by atoms with E-state index in [4.69, 9.17) is 23.3 Å². The van der Waals surface area contributed by atoms with E-state index in [0.717, 1.165) is 31.7 Å². The van der Waals surface area contributed by atoms with Crippen molar-refractivity contribution >= 4 is 17.4 Å². The van der Waals surface area contributed by atoms with E-state index in [-0.39, 0.29) is 0 Å². The number of halogens is 1. The Morgan fingerprint density at radius 2 is 2.05 bits per heavy atom. The number of hydrazine groups is 1. The van der Waals surface area contributed by atoms with E-state index in [0.29, 0.717) is 16.6 Å². The van der Waals surface area contributed by atoms with Crippen molar-refractivity contribution < 1.29 is 0 Å². The molecule has 1 aromatic heterocycles. The summed E-state index contributed by atoms with van der Waals surface area (Å²) in [6, 6.07) is 0. The zero-order valence-electron chi connectivity index (χ0n) is 12.6. The molecule has 1 aliphatic heterocycles. The van der Waals surface area contributed by atoms with Crippen molar-refractivity contribution in [1.29, 1.82) is 0 Å². The standard InChI is InChI=1S/C10H18ClN7.C2H6/c1-16-4-3-5-18-7(6-16)8(11)9(15-18)10(14-12)17(2)13;1-2/h3-6,12-13H2,1-2H3;1-2H3/b14-10-;. The molecule has 20 heavy (non-hydrogen) atoms. The molecule has 8 heteroatoms. The van der Waals surface area contributed by atoms with Crippen LogP contribution in [-0.4, -0.2) is 46.2 Å². The number of rotatable bonds is 1. The topological polar surface area (TPSA) is 88.7 Å². The third-order valence-corrected chi connectivity index (χ3v) is 3.39. The third kappa shape index (κ3) is 3.41. The first-order chi connectivity index (χ1) is 9.54. The average Bonchev–Trinajstić information content (AvgIpc) is 2.61. The lowest BCUT2D eigenvalue weighted by Crippen LogP contribution is -2.35. The Morgan fingerprint density at radius 1 is 1.40 bits per heavy atom. The number of aryl methyl sites for hydroxylation is 1. The van der Waals surface area contributed by atoms with Gasteiger partial charge in [0.05, 0.1) is 10.7 Å². The Balaban J connectivity index is 0.000000956. The fraction of sp³-hybridized carbons (Fsp3) is 0.667. The molecule has 0 unspecified atom stereocenters. The predicted molar refractivity (Wildman–Crippen MR) is 82.2 cm³/mol. The second kappa shape index (κ2) is 7.47. The Hall–Kier alpha value is -1.31. The fourth-order valence-corrected chi connectivity index (χ4v) is 2.38. The van der Waals surface area contributed by atoms with E-state index in [9.17, 15) is 0 Å². The first kappa shape index (κ1) is 16.7. The highest BCUT2D eigenvalue weighted by atomic mass is 35.5. The van der Waals surface area contributed by atoms with Gasteiger partial charge < -0.3 is 10.7 Å². The van der Waals surface area contributed by atoms with Crippen LogP contribution in [0, 0.1) is 0 Å². The largest absolute Gasteiger partial charge is 0.321 e. The van der Waals surface area contributed by atoms with Gasteiger partial charge in [0.1, 0.15) is 5.69 Å². The summed E-state index contributed by atoms with van der Waals surface area (Å²) in [4.78, 5) is 2.21. The molecule has 4 N–H and O–H groups in total. The Morgan fingerprint density at radius 3 is 2.60 bits per heavy atom. The molecular weight excluding hydrogens is 278 g/mol. The van der Waals surface area contributed by atoms with Gasteiger partial charge in [-0.25, -0.2) is 5.84 Å². The highest BCUT2D eigenvalue weighted by molar-refractivity contribution is 6.34. The third-order valence-electron chi connectivity index (χ3n) is 2.99. The molecule has 0 bridgehead atoms. The molecule has 0 atom stereocenters. The molecule has 0 amide bonds. The molecule has 0 aromatic carbocycles. The maximum absolute atomic E-state index is 6.37. The SMILES string of the molecule is CC.CN1CCCn2nc(/C(=N/N)N(C)N)c(Cl)c2C1. The van der Waals surface area contributed by atoms with Crippen molar-refractivity contribution in [3.05, 3.63) is 16.4 Å². The average molecular weight is 302 g/mol. The summed E-state index contributed by atoms with van der Waals surface area (Å²) in [5.41, 5.74) is 1.52. The molecule has 0 fully saturated rings. The van der Waals surface area contributed by atoms with Gasteiger partial charge >= 0.3 is 0 Å². The van der Waals surface area contributed by atoms with E-state index in [1.54, 1.807) is 7.05 Å². The molecule has 1 aromatic rings. The van der Waals surface area contributed by atoms with Crippen LogP contribution in [0.4, 0.5) is 0 Å². The number of hydrazone groups is 1. The lowest BCUT2D eigenvalue weighted by molar-refractivity contribution is 0.332. The maximum Gasteiger partial charge on any atom is 0.191 e. The van der Waals surface area contributed by atoms with E-state index < -0.39 is 0 Å². The highest BCUT2D eigenvalue weighted by Gasteiger charge is 2.24. The van der Waals surface area contributed by atoms with Crippen molar-refractivity contribution in [3.8, 4) is 0 Å². The second-order valence-corrected chi connectivity index (χ2v) is 4.87. The van der Waals surface area contributed by atoms with Crippen LogP contribution >= 0.6 is 11.6 Å². The summed E-state index contributed by atoms with van der Waals surface area (Å²) in [6.45, 7) is 6.63. The van der Waals surface area contributed by atoms with Crippen LogP contribution in [0.2, 0.25) is 5.02 Å². The second-order valence-electron chi connectivity index (χ2n) is 4.49. The van der Waals surface area contributed by atoms with Gasteiger partial charge in [0.15, 0.2) is 5.84 Å². The summed E-state index contributed by atoms with van der Waals surface area (Å²) in [7, 11) is 3.71. The fourth-order valence-electron chi connectivity index (χ4n) is 2.10. The monoisotopic (exact) mass is 301 g/mol. The summed E-state index contributed by atoms with van der Waals surface area (Å²) in [5.74, 6) is 11.4. The van der Waals surface area contributed by atoms with Gasteiger partial charge in [-0.2, -0.15) is 10.2 Å². The Kier molecular flexibility index (Phi) is 6.25. The molecule has 0 spiro atoms. The molecule has 2 heterocycles. The van der Waals surface area contributed by atoms with Gasteiger partial charge in [0.25, 0.3) is 0 Å². The van der Waals surface area contributed by atoms with Gasteiger partial charge in [-0.05, 0) is 13.5 Å². The predicted octanol–water partition coefficient (Wildman–Crippen LogP) is 0.824. The van der Waals surface area contributed by atoms with Crippen LogP contribution in [0.5, 0.6) is 0 Å². The van der Waals surface area contributed by atoms with Crippen LogP contribution in [0.3, 0.4) is 0 Å². The molecule has 0 radical (unpaired) electrons. The number of hydrogen-bond acceptors (Lipinski definition) is 5. The normalized spacial score (nSPS) is 16.0. The number of fused-ring (bicyclic) bond motifs is 1. The zero-order chi connectivity index (χ0) is 15.3. The number of aromatic nitrogens is 2. The van der Waals surface area contributed by atoms with Gasteiger partial charge in [0, 0.05) is 26.7 Å². The van der Waals surface area contributed by atoms with Crippen LogP contribution in [-0.2, 0) is 13.1 Å². The van der Waals surface area contributed by atoms with E-state index in [1.165, 1.54) is 5.01 Å². The number of nitrogens with two attached hydrogens (primary N) is 2. The van der Waals surface area contributed by atoms with Crippen LogP contribution in [0.1, 0.15) is 31.7 Å². The molecule has 0 saturated carbocycles. The molecule has 0 saturated heterocycles. The minimum absolute atomic E-state index is 0.378. The molecule has 114 valence electrons. The van der Waals surface area contributed by atoms with Gasteiger partial charge in [-0.15, -0.1) is 0 Å².